The molecule has 4 fully saturated rings. The van der Waals surface area contributed by atoms with E-state index in [1.807, 2.05) is 4.72 Å². The van der Waals surface area contributed by atoms with Gasteiger partial charge in [-0.2, -0.15) is 4.72 Å². The molecule has 4 saturated carbocycles. The number of sulfonamides is 1. The maximum atomic E-state index is 14.0. The molecule has 1 aromatic carbocycles. The number of esters is 1. The molecule has 0 amide bonds. The third kappa shape index (κ3) is 4.43. The average Bonchev–Trinajstić information content (AvgIpc) is 2.63. The van der Waals surface area contributed by atoms with Crippen molar-refractivity contribution in [3.8, 4) is 0 Å². The fourth-order valence-electron chi connectivity index (χ4n) is 6.15. The first-order valence-corrected chi connectivity index (χ1v) is 12.6. The zero-order valence-electron chi connectivity index (χ0n) is 17.0. The van der Waals surface area contributed by atoms with Crippen molar-refractivity contribution in [1.82, 2.24) is 4.72 Å². The summed E-state index contributed by atoms with van der Waals surface area (Å²) < 4.78 is 58.8. The second kappa shape index (κ2) is 8.19. The van der Waals surface area contributed by atoms with Crippen LogP contribution >= 0.6 is 15.9 Å². The summed E-state index contributed by atoms with van der Waals surface area (Å²) in [4.78, 5) is 24.6. The maximum Gasteiger partial charge on any atom is 0.321 e. The Hall–Kier alpha value is -1.39. The van der Waals surface area contributed by atoms with Crippen molar-refractivity contribution in [2.24, 2.45) is 23.2 Å². The summed E-state index contributed by atoms with van der Waals surface area (Å²) in [6.07, 6.45) is 5.06. The molecule has 31 heavy (non-hydrogen) atoms. The molecule has 10 heteroatoms. The lowest BCUT2D eigenvalue weighted by atomic mass is 9.48. The van der Waals surface area contributed by atoms with E-state index in [1.165, 1.54) is 26.2 Å². The lowest BCUT2D eigenvalue weighted by Gasteiger charge is -2.56. The van der Waals surface area contributed by atoms with Crippen molar-refractivity contribution in [3.05, 3.63) is 28.2 Å². The minimum absolute atomic E-state index is 0.0878. The third-order valence-electron chi connectivity index (χ3n) is 6.88. The molecular weight excluding hydrogens is 496 g/mol. The van der Waals surface area contributed by atoms with Crippen LogP contribution in [0, 0.1) is 34.8 Å². The number of hydrogen-bond acceptors (Lipinski definition) is 5. The van der Waals surface area contributed by atoms with Crippen molar-refractivity contribution in [2.75, 3.05) is 6.54 Å². The summed E-state index contributed by atoms with van der Waals surface area (Å²) in [5.74, 6) is -1.57. The molecule has 170 valence electrons. The van der Waals surface area contributed by atoms with Gasteiger partial charge in [0.25, 0.3) is 0 Å². The van der Waals surface area contributed by atoms with Crippen LogP contribution in [0.25, 0.3) is 0 Å². The van der Waals surface area contributed by atoms with Crippen LogP contribution in [-0.2, 0) is 24.3 Å². The van der Waals surface area contributed by atoms with E-state index in [9.17, 15) is 26.8 Å². The fourth-order valence-corrected chi connectivity index (χ4v) is 8.28. The van der Waals surface area contributed by atoms with E-state index in [1.54, 1.807) is 0 Å². The summed E-state index contributed by atoms with van der Waals surface area (Å²) in [7, 11) is -4.45. The van der Waals surface area contributed by atoms with Gasteiger partial charge >= 0.3 is 5.97 Å². The second-order valence-electron chi connectivity index (χ2n) is 9.22. The number of ketones is 1. The summed E-state index contributed by atoms with van der Waals surface area (Å²) in [6, 6.07) is 1.24. The predicted octanol–water partition coefficient (Wildman–Crippen LogP) is 3.72. The number of carbonyl (C=O) groups is 2. The van der Waals surface area contributed by atoms with Gasteiger partial charge in [-0.25, -0.2) is 17.2 Å². The van der Waals surface area contributed by atoms with Gasteiger partial charge in [0, 0.05) is 16.0 Å². The van der Waals surface area contributed by atoms with E-state index in [0.29, 0.717) is 23.8 Å². The van der Waals surface area contributed by atoms with E-state index in [0.717, 1.165) is 25.3 Å². The summed E-state index contributed by atoms with van der Waals surface area (Å²) in [5, 5.41) is 0. The Morgan fingerprint density at radius 3 is 2.23 bits per heavy atom. The molecule has 1 atom stereocenters. The molecule has 1 aromatic rings. The first kappa shape index (κ1) is 22.8. The normalized spacial score (nSPS) is 30.3. The minimum atomic E-state index is -4.45. The molecule has 0 aliphatic heterocycles. The van der Waals surface area contributed by atoms with Crippen molar-refractivity contribution >= 4 is 37.7 Å². The Bertz CT molecular complexity index is 970. The number of nitrogens with one attached hydrogen (secondary N) is 1. The van der Waals surface area contributed by atoms with Crippen molar-refractivity contribution in [3.63, 3.8) is 0 Å². The van der Waals surface area contributed by atoms with Gasteiger partial charge in [-0.3, -0.25) is 9.59 Å². The fraction of sp³-hybridized carbons (Fsp3) is 0.619. The van der Waals surface area contributed by atoms with Gasteiger partial charge in [-0.1, -0.05) is 0 Å². The molecule has 4 aliphatic carbocycles. The number of carbonyl (C=O) groups excluding carboxylic acids is 2. The molecular formula is C21H24BrF2NO5S. The van der Waals surface area contributed by atoms with Gasteiger partial charge in [0.05, 0.1) is 0 Å². The predicted molar refractivity (Wildman–Crippen MR) is 110 cm³/mol. The summed E-state index contributed by atoms with van der Waals surface area (Å²) in [5.41, 5.74) is -0.434. The quantitative estimate of drug-likeness (QED) is 0.554. The molecule has 6 nitrogen and oxygen atoms in total. The number of rotatable bonds is 7. The Balaban J connectivity index is 1.37. The molecule has 0 radical (unpaired) electrons. The van der Waals surface area contributed by atoms with Crippen LogP contribution in [-0.4, -0.2) is 32.8 Å². The number of benzene rings is 1. The second-order valence-corrected chi connectivity index (χ2v) is 11.8. The maximum absolute atomic E-state index is 14.0. The zero-order valence-corrected chi connectivity index (χ0v) is 19.4. The van der Waals surface area contributed by atoms with Crippen molar-refractivity contribution in [1.29, 1.82) is 0 Å². The SMILES string of the molecule is CC(OC(=O)CNS(=O)(=O)c1c(F)cc(F)cc1Br)C(=O)C12CC3CC(CC(C3)C1)C2. The zero-order chi connectivity index (χ0) is 22.6. The smallest absolute Gasteiger partial charge is 0.321 e. The van der Waals surface area contributed by atoms with Gasteiger partial charge in [-0.15, -0.1) is 0 Å². The number of halogens is 3. The Kier molecular flexibility index (Phi) is 6.02. The molecule has 0 aromatic heterocycles. The highest BCUT2D eigenvalue weighted by atomic mass is 79.9. The molecule has 0 saturated heterocycles. The lowest BCUT2D eigenvalue weighted by molar-refractivity contribution is -0.164. The highest BCUT2D eigenvalue weighted by molar-refractivity contribution is 9.10. The van der Waals surface area contributed by atoms with Crippen LogP contribution in [0.2, 0.25) is 0 Å². The van der Waals surface area contributed by atoms with Crippen molar-refractivity contribution in [2.45, 2.75) is 56.4 Å². The highest BCUT2D eigenvalue weighted by Gasteiger charge is 2.55. The van der Waals surface area contributed by atoms with Gasteiger partial charge in [0.15, 0.2) is 11.9 Å². The minimum Gasteiger partial charge on any atom is -0.454 e. The van der Waals surface area contributed by atoms with Crippen LogP contribution in [0.3, 0.4) is 0 Å². The van der Waals surface area contributed by atoms with Crippen LogP contribution in [0.15, 0.2) is 21.5 Å². The van der Waals surface area contributed by atoms with Crippen LogP contribution in [0.1, 0.15) is 45.4 Å². The van der Waals surface area contributed by atoms with E-state index in [2.05, 4.69) is 15.9 Å². The Morgan fingerprint density at radius 2 is 1.71 bits per heavy atom. The molecule has 1 N–H and O–H groups in total. The summed E-state index contributed by atoms with van der Waals surface area (Å²) in [6.45, 7) is 0.744. The van der Waals surface area contributed by atoms with E-state index < -0.39 is 50.6 Å². The van der Waals surface area contributed by atoms with Crippen molar-refractivity contribution < 1.29 is 31.5 Å². The number of Topliss-reactive ketones (excluding diaryl/α,β-unsaturated/α-hetero) is 1. The monoisotopic (exact) mass is 519 g/mol. The molecule has 5 rings (SSSR count). The van der Waals surface area contributed by atoms with E-state index in [4.69, 9.17) is 4.74 Å². The van der Waals surface area contributed by atoms with Crippen LogP contribution in [0.4, 0.5) is 8.78 Å². The van der Waals surface area contributed by atoms with Gasteiger partial charge in [0.1, 0.15) is 23.1 Å². The van der Waals surface area contributed by atoms with Gasteiger partial charge in [-0.05, 0) is 85.2 Å². The molecule has 4 aliphatic rings. The topological polar surface area (TPSA) is 89.5 Å². The Morgan fingerprint density at radius 1 is 1.16 bits per heavy atom. The standard InChI is InChI=1S/C21H24BrF2NO5S/c1-11(20(27)21-7-12-2-13(8-21)4-14(3-12)9-21)30-18(26)10-25-31(28,29)19-16(22)5-15(23)6-17(19)24/h5-6,11-14,25H,2-4,7-10H2,1H3. The average molecular weight is 520 g/mol. The molecule has 0 heterocycles. The largest absolute Gasteiger partial charge is 0.454 e. The molecule has 4 bridgehead atoms. The molecule has 0 spiro atoms. The Labute approximate surface area is 188 Å². The lowest BCUT2D eigenvalue weighted by Crippen LogP contribution is -2.53. The first-order valence-electron chi connectivity index (χ1n) is 10.4. The van der Waals surface area contributed by atoms with Crippen LogP contribution in [0.5, 0.6) is 0 Å². The highest BCUT2D eigenvalue weighted by Crippen LogP contribution is 2.60. The van der Waals surface area contributed by atoms with Crippen LogP contribution < -0.4 is 4.72 Å². The molecule has 1 unspecified atom stereocenters. The summed E-state index contributed by atoms with van der Waals surface area (Å²) >= 11 is 2.82. The number of ether oxygens (including phenoxy) is 1. The third-order valence-corrected chi connectivity index (χ3v) is 9.24. The van der Waals surface area contributed by atoms with E-state index >= 15 is 0 Å². The van der Waals surface area contributed by atoms with Gasteiger partial charge < -0.3 is 4.74 Å². The number of hydrogen-bond donors (Lipinski definition) is 1. The first-order chi connectivity index (χ1) is 14.5. The van der Waals surface area contributed by atoms with Gasteiger partial charge in [0.2, 0.25) is 10.0 Å². The van der Waals surface area contributed by atoms with E-state index in [-0.39, 0.29) is 10.3 Å².